The quantitative estimate of drug-likeness (QED) is 0.762. The van der Waals surface area contributed by atoms with Gasteiger partial charge >= 0.3 is 0 Å². The molecule has 0 aliphatic heterocycles. The molecule has 0 spiro atoms. The zero-order valence-corrected chi connectivity index (χ0v) is 9.34. The molecule has 15 heavy (non-hydrogen) atoms. The second-order valence-corrected chi connectivity index (χ2v) is 5.32. The van der Waals surface area contributed by atoms with Crippen LogP contribution in [0.2, 0.25) is 0 Å². The van der Waals surface area contributed by atoms with E-state index >= 15 is 0 Å². The van der Waals surface area contributed by atoms with Gasteiger partial charge in [-0.15, -0.1) is 0 Å². The molecule has 0 aromatic heterocycles. The number of nitrogens with zero attached hydrogens (tertiary/aromatic N) is 2. The number of nitriles is 2. The first kappa shape index (κ1) is 11.4. The molecule has 76 valence electrons. The molecule has 0 amide bonds. The van der Waals surface area contributed by atoms with Gasteiger partial charge in [-0.3, -0.25) is 4.21 Å². The SMILES string of the molecule is CC(C)S(=O)c1cc(C#N)cc(C#N)c1. The number of rotatable bonds is 2. The molecule has 0 fully saturated rings. The summed E-state index contributed by atoms with van der Waals surface area (Å²) >= 11 is 0. The summed E-state index contributed by atoms with van der Waals surface area (Å²) in [6, 6.07) is 8.52. The Morgan fingerprint density at radius 2 is 1.60 bits per heavy atom. The van der Waals surface area contributed by atoms with Crippen molar-refractivity contribution in [2.24, 2.45) is 0 Å². The summed E-state index contributed by atoms with van der Waals surface area (Å²) in [4.78, 5) is 0.542. The molecule has 0 heterocycles. The highest BCUT2D eigenvalue weighted by Gasteiger charge is 2.10. The van der Waals surface area contributed by atoms with Crippen molar-refractivity contribution in [2.75, 3.05) is 0 Å². The zero-order chi connectivity index (χ0) is 11.4. The Balaban J connectivity index is 3.27. The standard InChI is InChI=1S/C11H10N2OS/c1-8(2)15(14)11-4-9(6-12)3-10(5-11)7-13/h3-5,8H,1-2H3. The van der Waals surface area contributed by atoms with Crippen LogP contribution in [0.4, 0.5) is 0 Å². The average molecular weight is 218 g/mol. The minimum Gasteiger partial charge on any atom is -0.254 e. The number of hydrogen-bond donors (Lipinski definition) is 0. The van der Waals surface area contributed by atoms with Crippen LogP contribution in [0.3, 0.4) is 0 Å². The van der Waals surface area contributed by atoms with Crippen molar-refractivity contribution in [1.29, 1.82) is 10.5 Å². The summed E-state index contributed by atoms with van der Waals surface area (Å²) in [6.07, 6.45) is 0. The third kappa shape index (κ3) is 2.65. The van der Waals surface area contributed by atoms with Crippen molar-refractivity contribution in [3.05, 3.63) is 29.3 Å². The molecule has 1 unspecified atom stereocenters. The van der Waals surface area contributed by atoms with Crippen molar-refractivity contribution in [3.63, 3.8) is 0 Å². The molecule has 0 aliphatic carbocycles. The van der Waals surface area contributed by atoms with E-state index in [4.69, 9.17) is 10.5 Å². The van der Waals surface area contributed by atoms with Crippen LogP contribution in [-0.2, 0) is 10.8 Å². The van der Waals surface area contributed by atoms with Crippen LogP contribution in [0.1, 0.15) is 25.0 Å². The molecule has 0 N–H and O–H groups in total. The van der Waals surface area contributed by atoms with E-state index in [9.17, 15) is 4.21 Å². The third-order valence-corrected chi connectivity index (χ3v) is 3.38. The van der Waals surface area contributed by atoms with Crippen LogP contribution >= 0.6 is 0 Å². The molecule has 0 aliphatic rings. The monoisotopic (exact) mass is 218 g/mol. The fourth-order valence-electron chi connectivity index (χ4n) is 1.12. The van der Waals surface area contributed by atoms with Crippen LogP contribution in [0.25, 0.3) is 0 Å². The van der Waals surface area contributed by atoms with E-state index in [-0.39, 0.29) is 5.25 Å². The number of benzene rings is 1. The lowest BCUT2D eigenvalue weighted by molar-refractivity contribution is 0.676. The highest BCUT2D eigenvalue weighted by Crippen LogP contribution is 2.15. The van der Waals surface area contributed by atoms with Crippen LogP contribution in [-0.4, -0.2) is 9.46 Å². The predicted molar refractivity (Wildman–Crippen MR) is 57.4 cm³/mol. The molecule has 0 bridgehead atoms. The van der Waals surface area contributed by atoms with E-state index in [1.165, 1.54) is 6.07 Å². The van der Waals surface area contributed by atoms with Crippen LogP contribution in [0, 0.1) is 22.7 Å². The molecule has 1 aromatic rings. The normalized spacial score (nSPS) is 11.8. The molecule has 0 radical (unpaired) electrons. The molecule has 3 nitrogen and oxygen atoms in total. The van der Waals surface area contributed by atoms with Gasteiger partial charge in [0.1, 0.15) is 0 Å². The van der Waals surface area contributed by atoms with Gasteiger partial charge in [-0.1, -0.05) is 13.8 Å². The fraction of sp³-hybridized carbons (Fsp3) is 0.273. The highest BCUT2D eigenvalue weighted by molar-refractivity contribution is 7.85. The topological polar surface area (TPSA) is 64.7 Å². The Labute approximate surface area is 91.4 Å². The zero-order valence-electron chi connectivity index (χ0n) is 8.52. The largest absolute Gasteiger partial charge is 0.254 e. The molecular formula is C11H10N2OS. The molecule has 1 rings (SSSR count). The first-order valence-electron chi connectivity index (χ1n) is 4.44. The summed E-state index contributed by atoms with van der Waals surface area (Å²) in [7, 11) is -1.16. The van der Waals surface area contributed by atoms with Crippen molar-refractivity contribution in [3.8, 4) is 12.1 Å². The predicted octanol–water partition coefficient (Wildman–Crippen LogP) is 1.95. The Kier molecular flexibility index (Phi) is 3.60. The van der Waals surface area contributed by atoms with E-state index < -0.39 is 10.8 Å². The molecule has 1 atom stereocenters. The molecule has 1 aromatic carbocycles. The molecule has 4 heteroatoms. The van der Waals surface area contributed by atoms with E-state index in [1.54, 1.807) is 12.1 Å². The van der Waals surface area contributed by atoms with Gasteiger partial charge in [0.05, 0.1) is 34.1 Å². The van der Waals surface area contributed by atoms with Crippen molar-refractivity contribution >= 4 is 10.8 Å². The van der Waals surface area contributed by atoms with Crippen LogP contribution < -0.4 is 0 Å². The lowest BCUT2D eigenvalue weighted by atomic mass is 10.1. The summed E-state index contributed by atoms with van der Waals surface area (Å²) in [5.74, 6) is 0. The van der Waals surface area contributed by atoms with Crippen molar-refractivity contribution < 1.29 is 4.21 Å². The van der Waals surface area contributed by atoms with Crippen LogP contribution in [0.15, 0.2) is 23.1 Å². The molecule has 0 saturated carbocycles. The van der Waals surface area contributed by atoms with E-state index in [0.29, 0.717) is 16.0 Å². The van der Waals surface area contributed by atoms with E-state index in [2.05, 4.69) is 0 Å². The lowest BCUT2D eigenvalue weighted by Gasteiger charge is -2.05. The number of hydrogen-bond acceptors (Lipinski definition) is 3. The van der Waals surface area contributed by atoms with Gasteiger partial charge < -0.3 is 0 Å². The minimum atomic E-state index is -1.16. The Bertz CT molecular complexity index is 448. The van der Waals surface area contributed by atoms with Gasteiger partial charge in [0.15, 0.2) is 0 Å². The van der Waals surface area contributed by atoms with Crippen molar-refractivity contribution in [2.45, 2.75) is 24.0 Å². The highest BCUT2D eigenvalue weighted by atomic mass is 32.2. The molecule has 0 saturated heterocycles. The lowest BCUT2D eigenvalue weighted by Crippen LogP contribution is -2.06. The van der Waals surface area contributed by atoms with E-state index in [0.717, 1.165) is 0 Å². The maximum atomic E-state index is 11.8. The maximum absolute atomic E-state index is 11.8. The Morgan fingerprint density at radius 3 is 1.93 bits per heavy atom. The summed E-state index contributed by atoms with van der Waals surface area (Å²) in [5, 5.41) is 17.5. The van der Waals surface area contributed by atoms with Crippen LogP contribution in [0.5, 0.6) is 0 Å². The smallest absolute Gasteiger partial charge is 0.0992 e. The fourth-order valence-corrected chi connectivity index (χ4v) is 2.15. The van der Waals surface area contributed by atoms with Gasteiger partial charge in [-0.25, -0.2) is 0 Å². The van der Waals surface area contributed by atoms with Gasteiger partial charge in [-0.2, -0.15) is 10.5 Å². The summed E-state index contributed by atoms with van der Waals surface area (Å²) in [6.45, 7) is 3.67. The second kappa shape index (κ2) is 4.72. The van der Waals surface area contributed by atoms with Gasteiger partial charge in [0.25, 0.3) is 0 Å². The third-order valence-electron chi connectivity index (χ3n) is 1.83. The molecular weight excluding hydrogens is 208 g/mol. The summed E-state index contributed by atoms with van der Waals surface area (Å²) in [5.41, 5.74) is 0.746. The minimum absolute atomic E-state index is 0.0227. The van der Waals surface area contributed by atoms with Gasteiger partial charge in [-0.05, 0) is 18.2 Å². The average Bonchev–Trinajstić information content (AvgIpc) is 2.27. The van der Waals surface area contributed by atoms with Gasteiger partial charge in [0, 0.05) is 10.1 Å². The Morgan fingerprint density at radius 1 is 1.13 bits per heavy atom. The Hall–Kier alpha value is -1.65. The van der Waals surface area contributed by atoms with E-state index in [1.807, 2.05) is 26.0 Å². The van der Waals surface area contributed by atoms with Crippen molar-refractivity contribution in [1.82, 2.24) is 0 Å². The second-order valence-electron chi connectivity index (χ2n) is 3.32. The first-order valence-corrected chi connectivity index (χ1v) is 5.65. The van der Waals surface area contributed by atoms with Gasteiger partial charge in [0.2, 0.25) is 0 Å². The maximum Gasteiger partial charge on any atom is 0.0992 e. The summed E-state index contributed by atoms with van der Waals surface area (Å²) < 4.78 is 11.8. The first-order chi connectivity index (χ1) is 7.08.